The molecule has 3 rings (SSSR count). The molecule has 0 radical (unpaired) electrons. The number of methoxy groups -OCH3 is 1. The number of nitrogens with one attached hydrogen (secondary N) is 2. The SMILES string of the molecule is COc1ccc(OCCNC(=O)[C@@H]2CC(=O)Nc3ccccc32)cc1. The summed E-state index contributed by atoms with van der Waals surface area (Å²) in [5.41, 5.74) is 1.55. The van der Waals surface area contributed by atoms with Crippen LogP contribution in [0.4, 0.5) is 5.69 Å². The molecule has 0 aromatic heterocycles. The van der Waals surface area contributed by atoms with Gasteiger partial charge in [0.1, 0.15) is 18.1 Å². The third-order valence-corrected chi connectivity index (χ3v) is 4.05. The lowest BCUT2D eigenvalue weighted by atomic mass is 9.90. The van der Waals surface area contributed by atoms with E-state index in [2.05, 4.69) is 10.6 Å². The van der Waals surface area contributed by atoms with Crippen LogP contribution in [0.15, 0.2) is 48.5 Å². The molecule has 0 aliphatic carbocycles. The fourth-order valence-electron chi connectivity index (χ4n) is 2.78. The molecule has 2 N–H and O–H groups in total. The first kappa shape index (κ1) is 16.8. The maximum absolute atomic E-state index is 12.4. The molecule has 0 bridgehead atoms. The Morgan fingerprint density at radius 3 is 2.64 bits per heavy atom. The normalized spacial score (nSPS) is 15.7. The van der Waals surface area contributed by atoms with Crippen LogP contribution in [0, 0.1) is 0 Å². The molecule has 1 heterocycles. The van der Waals surface area contributed by atoms with Gasteiger partial charge in [0.25, 0.3) is 0 Å². The van der Waals surface area contributed by atoms with Crippen molar-refractivity contribution in [2.24, 2.45) is 0 Å². The second kappa shape index (κ2) is 7.70. The molecular formula is C19H20N2O4. The first-order valence-corrected chi connectivity index (χ1v) is 8.10. The summed E-state index contributed by atoms with van der Waals surface area (Å²) in [7, 11) is 1.61. The van der Waals surface area contributed by atoms with E-state index in [9.17, 15) is 9.59 Å². The number of fused-ring (bicyclic) bond motifs is 1. The second-order valence-electron chi connectivity index (χ2n) is 5.71. The Bertz CT molecular complexity index is 758. The van der Waals surface area contributed by atoms with E-state index in [1.165, 1.54) is 0 Å². The summed E-state index contributed by atoms with van der Waals surface area (Å²) < 4.78 is 10.7. The molecule has 0 fully saturated rings. The molecule has 0 spiro atoms. The van der Waals surface area contributed by atoms with Crippen molar-refractivity contribution in [3.05, 3.63) is 54.1 Å². The zero-order valence-electron chi connectivity index (χ0n) is 14.0. The highest BCUT2D eigenvalue weighted by atomic mass is 16.5. The molecule has 0 saturated heterocycles. The zero-order valence-corrected chi connectivity index (χ0v) is 14.0. The summed E-state index contributed by atoms with van der Waals surface area (Å²) in [5, 5.41) is 5.63. The Hall–Kier alpha value is -3.02. The van der Waals surface area contributed by atoms with Crippen LogP contribution in [0.1, 0.15) is 17.9 Å². The zero-order chi connectivity index (χ0) is 17.6. The molecule has 6 heteroatoms. The van der Waals surface area contributed by atoms with Gasteiger partial charge in [-0.25, -0.2) is 0 Å². The summed E-state index contributed by atoms with van der Waals surface area (Å²) in [5.74, 6) is 0.687. The van der Waals surface area contributed by atoms with Gasteiger partial charge in [-0.3, -0.25) is 9.59 Å². The van der Waals surface area contributed by atoms with Gasteiger partial charge in [-0.15, -0.1) is 0 Å². The van der Waals surface area contributed by atoms with Gasteiger partial charge in [-0.2, -0.15) is 0 Å². The Labute approximate surface area is 146 Å². The molecule has 130 valence electrons. The average Bonchev–Trinajstić information content (AvgIpc) is 2.64. The molecule has 1 aliphatic heterocycles. The molecule has 1 atom stereocenters. The Morgan fingerprint density at radius 2 is 1.88 bits per heavy atom. The van der Waals surface area contributed by atoms with Crippen LogP contribution in [0.2, 0.25) is 0 Å². The molecule has 6 nitrogen and oxygen atoms in total. The molecule has 0 saturated carbocycles. The van der Waals surface area contributed by atoms with Gasteiger partial charge < -0.3 is 20.1 Å². The van der Waals surface area contributed by atoms with Crippen molar-refractivity contribution in [1.29, 1.82) is 0 Å². The molecule has 2 aromatic rings. The Kier molecular flexibility index (Phi) is 5.18. The topological polar surface area (TPSA) is 76.7 Å². The maximum atomic E-state index is 12.4. The van der Waals surface area contributed by atoms with Gasteiger partial charge in [0, 0.05) is 12.1 Å². The average molecular weight is 340 g/mol. The van der Waals surface area contributed by atoms with E-state index in [0.717, 1.165) is 11.3 Å². The number of hydrogen-bond acceptors (Lipinski definition) is 4. The first-order valence-electron chi connectivity index (χ1n) is 8.10. The van der Waals surface area contributed by atoms with E-state index in [-0.39, 0.29) is 18.2 Å². The maximum Gasteiger partial charge on any atom is 0.228 e. The van der Waals surface area contributed by atoms with E-state index >= 15 is 0 Å². The Balaban J connectivity index is 1.52. The van der Waals surface area contributed by atoms with Crippen LogP contribution in [0.5, 0.6) is 11.5 Å². The van der Waals surface area contributed by atoms with E-state index in [0.29, 0.717) is 24.6 Å². The van der Waals surface area contributed by atoms with Gasteiger partial charge in [-0.1, -0.05) is 18.2 Å². The predicted molar refractivity (Wildman–Crippen MR) is 93.9 cm³/mol. The van der Waals surface area contributed by atoms with Crippen molar-refractivity contribution in [2.75, 3.05) is 25.6 Å². The number of hydrogen-bond donors (Lipinski definition) is 2. The summed E-state index contributed by atoms with van der Waals surface area (Å²) in [6, 6.07) is 14.6. The van der Waals surface area contributed by atoms with E-state index < -0.39 is 5.92 Å². The second-order valence-corrected chi connectivity index (χ2v) is 5.71. The van der Waals surface area contributed by atoms with Crippen LogP contribution >= 0.6 is 0 Å². The van der Waals surface area contributed by atoms with Gasteiger partial charge >= 0.3 is 0 Å². The summed E-state index contributed by atoms with van der Waals surface area (Å²) >= 11 is 0. The monoisotopic (exact) mass is 340 g/mol. The van der Waals surface area contributed by atoms with Gasteiger partial charge in [0.15, 0.2) is 0 Å². The Morgan fingerprint density at radius 1 is 1.16 bits per heavy atom. The summed E-state index contributed by atoms with van der Waals surface area (Å²) in [6.45, 7) is 0.712. The van der Waals surface area contributed by atoms with Crippen LogP contribution < -0.4 is 20.1 Å². The van der Waals surface area contributed by atoms with Crippen molar-refractivity contribution in [1.82, 2.24) is 5.32 Å². The summed E-state index contributed by atoms with van der Waals surface area (Å²) in [4.78, 5) is 24.2. The minimum absolute atomic E-state index is 0.145. The summed E-state index contributed by atoms with van der Waals surface area (Å²) in [6.07, 6.45) is 0.155. The van der Waals surface area contributed by atoms with Crippen LogP contribution in [0.3, 0.4) is 0 Å². The van der Waals surface area contributed by atoms with E-state index in [4.69, 9.17) is 9.47 Å². The smallest absolute Gasteiger partial charge is 0.228 e. The van der Waals surface area contributed by atoms with Gasteiger partial charge in [0.2, 0.25) is 11.8 Å². The van der Waals surface area contributed by atoms with Crippen molar-refractivity contribution < 1.29 is 19.1 Å². The minimum atomic E-state index is -0.467. The third-order valence-electron chi connectivity index (χ3n) is 4.05. The fourth-order valence-corrected chi connectivity index (χ4v) is 2.78. The lowest BCUT2D eigenvalue weighted by molar-refractivity contribution is -0.126. The highest BCUT2D eigenvalue weighted by Gasteiger charge is 2.30. The van der Waals surface area contributed by atoms with Crippen LogP contribution in [0.25, 0.3) is 0 Å². The van der Waals surface area contributed by atoms with Crippen molar-refractivity contribution in [3.63, 3.8) is 0 Å². The highest BCUT2D eigenvalue weighted by Crippen LogP contribution is 2.31. The third kappa shape index (κ3) is 4.09. The number of carbonyl (C=O) groups is 2. The number of ether oxygens (including phenoxy) is 2. The number of para-hydroxylation sites is 1. The minimum Gasteiger partial charge on any atom is -0.497 e. The number of benzene rings is 2. The molecule has 0 unspecified atom stereocenters. The first-order chi connectivity index (χ1) is 12.2. The van der Waals surface area contributed by atoms with Gasteiger partial charge in [-0.05, 0) is 35.9 Å². The predicted octanol–water partition coefficient (Wildman–Crippen LogP) is 2.32. The van der Waals surface area contributed by atoms with Crippen molar-refractivity contribution >= 4 is 17.5 Å². The molecular weight excluding hydrogens is 320 g/mol. The largest absolute Gasteiger partial charge is 0.497 e. The highest BCUT2D eigenvalue weighted by molar-refractivity contribution is 6.01. The molecule has 2 amide bonds. The number of rotatable bonds is 6. The lowest BCUT2D eigenvalue weighted by Gasteiger charge is -2.24. The molecule has 2 aromatic carbocycles. The number of amides is 2. The van der Waals surface area contributed by atoms with Gasteiger partial charge in [0.05, 0.1) is 19.6 Å². The van der Waals surface area contributed by atoms with E-state index in [1.54, 1.807) is 13.2 Å². The standard InChI is InChI=1S/C19H20N2O4/c1-24-13-6-8-14(9-7-13)25-11-10-20-19(23)16-12-18(22)21-17-5-3-2-4-15(16)17/h2-9,16H,10-12H2,1H3,(H,20,23)(H,21,22)/t16-/m1/s1. The molecule has 25 heavy (non-hydrogen) atoms. The quantitative estimate of drug-likeness (QED) is 0.791. The van der Waals surface area contributed by atoms with Crippen molar-refractivity contribution in [2.45, 2.75) is 12.3 Å². The van der Waals surface area contributed by atoms with Crippen LogP contribution in [-0.4, -0.2) is 32.1 Å². The fraction of sp³-hybridized carbons (Fsp3) is 0.263. The number of anilines is 1. The van der Waals surface area contributed by atoms with Crippen molar-refractivity contribution in [3.8, 4) is 11.5 Å². The molecule has 1 aliphatic rings. The van der Waals surface area contributed by atoms with Crippen LogP contribution in [-0.2, 0) is 9.59 Å². The van der Waals surface area contributed by atoms with E-state index in [1.807, 2.05) is 42.5 Å². The number of carbonyl (C=O) groups excluding carboxylic acids is 2. The lowest BCUT2D eigenvalue weighted by Crippen LogP contribution is -2.36.